The molecule has 1 aliphatic heterocycles. The largest absolute Gasteiger partial charge is 0.481 e. The van der Waals surface area contributed by atoms with Crippen molar-refractivity contribution < 1.29 is 19.6 Å². The Morgan fingerprint density at radius 3 is 2.75 bits per heavy atom. The summed E-state index contributed by atoms with van der Waals surface area (Å²) in [5.74, 6) is -1.13. The van der Waals surface area contributed by atoms with E-state index >= 15 is 0 Å². The number of carboxylic acid groups (broad SMARTS) is 1. The highest BCUT2D eigenvalue weighted by atomic mass is 16.6. The third-order valence-electron chi connectivity index (χ3n) is 4.49. The van der Waals surface area contributed by atoms with E-state index in [9.17, 15) is 19.7 Å². The van der Waals surface area contributed by atoms with Gasteiger partial charge in [-0.3, -0.25) is 19.7 Å². The predicted molar refractivity (Wildman–Crippen MR) is 88.0 cm³/mol. The minimum absolute atomic E-state index is 0.0172. The molecule has 0 saturated carbocycles. The van der Waals surface area contributed by atoms with Gasteiger partial charge >= 0.3 is 5.97 Å². The average molecular weight is 334 g/mol. The van der Waals surface area contributed by atoms with Crippen LogP contribution >= 0.6 is 0 Å². The summed E-state index contributed by atoms with van der Waals surface area (Å²) in [7, 11) is 0. The third-order valence-corrected chi connectivity index (χ3v) is 4.49. The van der Waals surface area contributed by atoms with E-state index in [-0.39, 0.29) is 24.1 Å². The molecule has 7 nitrogen and oxygen atoms in total. The lowest BCUT2D eigenvalue weighted by Crippen LogP contribution is -2.44. The molecule has 1 aromatic rings. The molecule has 1 saturated heterocycles. The quantitative estimate of drug-likeness (QED) is 0.636. The Kier molecular flexibility index (Phi) is 5.89. The van der Waals surface area contributed by atoms with Crippen LogP contribution in [0.15, 0.2) is 18.2 Å². The number of likely N-dealkylation sites (tertiary alicyclic amines) is 1. The summed E-state index contributed by atoms with van der Waals surface area (Å²) in [5, 5.41) is 20.1. The highest BCUT2D eigenvalue weighted by Gasteiger charge is 2.29. The van der Waals surface area contributed by atoms with Gasteiger partial charge in [0.1, 0.15) is 0 Å². The second kappa shape index (κ2) is 7.90. The molecule has 7 heteroatoms. The van der Waals surface area contributed by atoms with Gasteiger partial charge in [0, 0.05) is 36.2 Å². The lowest BCUT2D eigenvalue weighted by molar-refractivity contribution is -0.385. The molecule has 1 atom stereocenters. The molecule has 1 aromatic carbocycles. The van der Waals surface area contributed by atoms with Gasteiger partial charge in [-0.05, 0) is 38.2 Å². The second-order valence-electron chi connectivity index (χ2n) is 6.03. The fourth-order valence-corrected chi connectivity index (χ4v) is 3.19. The number of hydrogen-bond acceptors (Lipinski definition) is 4. The van der Waals surface area contributed by atoms with E-state index in [1.165, 1.54) is 6.07 Å². The molecule has 1 unspecified atom stereocenters. The maximum absolute atomic E-state index is 12.8. The summed E-state index contributed by atoms with van der Waals surface area (Å²) in [6.45, 7) is 2.39. The molecule has 1 heterocycles. The van der Waals surface area contributed by atoms with Crippen LogP contribution in [0.3, 0.4) is 0 Å². The van der Waals surface area contributed by atoms with Crippen molar-refractivity contribution in [1.29, 1.82) is 0 Å². The molecule has 1 N–H and O–H groups in total. The van der Waals surface area contributed by atoms with Crippen molar-refractivity contribution in [1.82, 2.24) is 4.90 Å². The van der Waals surface area contributed by atoms with Gasteiger partial charge in [-0.2, -0.15) is 0 Å². The first-order valence-electron chi connectivity index (χ1n) is 8.24. The summed E-state index contributed by atoms with van der Waals surface area (Å²) in [5.41, 5.74) is 0.848. The van der Waals surface area contributed by atoms with Gasteiger partial charge in [-0.15, -0.1) is 0 Å². The van der Waals surface area contributed by atoms with Gasteiger partial charge in [0.2, 0.25) is 0 Å². The Bertz CT molecular complexity index is 644. The number of nitro groups is 1. The van der Waals surface area contributed by atoms with E-state index in [0.717, 1.165) is 19.3 Å². The first-order valence-corrected chi connectivity index (χ1v) is 8.24. The first-order chi connectivity index (χ1) is 11.4. The maximum atomic E-state index is 12.8. The molecule has 130 valence electrons. The Morgan fingerprint density at radius 1 is 1.38 bits per heavy atom. The minimum Gasteiger partial charge on any atom is -0.481 e. The van der Waals surface area contributed by atoms with E-state index in [4.69, 9.17) is 5.11 Å². The molecule has 0 bridgehead atoms. The summed E-state index contributed by atoms with van der Waals surface area (Å²) in [6, 6.07) is 4.47. The number of benzene rings is 1. The van der Waals surface area contributed by atoms with E-state index < -0.39 is 10.9 Å². The van der Waals surface area contributed by atoms with E-state index in [1.807, 2.05) is 6.92 Å². The topological polar surface area (TPSA) is 101 Å². The van der Waals surface area contributed by atoms with E-state index in [1.54, 1.807) is 17.0 Å². The van der Waals surface area contributed by atoms with Gasteiger partial charge in [0.05, 0.1) is 4.92 Å². The van der Waals surface area contributed by atoms with Crippen LogP contribution in [0.4, 0.5) is 5.69 Å². The van der Waals surface area contributed by atoms with Gasteiger partial charge in [0.25, 0.3) is 11.6 Å². The Hall–Kier alpha value is -2.44. The van der Waals surface area contributed by atoms with Crippen LogP contribution < -0.4 is 0 Å². The Morgan fingerprint density at radius 2 is 2.12 bits per heavy atom. The van der Waals surface area contributed by atoms with Crippen molar-refractivity contribution >= 4 is 17.6 Å². The number of carbonyl (C=O) groups is 2. The number of hydrogen-bond donors (Lipinski definition) is 1. The summed E-state index contributed by atoms with van der Waals surface area (Å²) in [4.78, 5) is 36.0. The van der Waals surface area contributed by atoms with Crippen molar-refractivity contribution in [3.63, 3.8) is 0 Å². The molecule has 1 fully saturated rings. The van der Waals surface area contributed by atoms with Crippen molar-refractivity contribution in [3.8, 4) is 0 Å². The van der Waals surface area contributed by atoms with Crippen LogP contribution in [0, 0.1) is 10.1 Å². The Labute approximate surface area is 140 Å². The van der Waals surface area contributed by atoms with Crippen LogP contribution in [0.2, 0.25) is 0 Å². The van der Waals surface area contributed by atoms with Crippen molar-refractivity contribution in [2.24, 2.45) is 0 Å². The predicted octanol–water partition coefficient (Wildman–Crippen LogP) is 3.02. The number of carboxylic acids is 1. The summed E-state index contributed by atoms with van der Waals surface area (Å²) >= 11 is 0. The average Bonchev–Trinajstić information content (AvgIpc) is 2.58. The van der Waals surface area contributed by atoms with Gasteiger partial charge in [-0.1, -0.05) is 13.0 Å². The van der Waals surface area contributed by atoms with Crippen LogP contribution in [0.25, 0.3) is 0 Å². The van der Waals surface area contributed by atoms with Crippen molar-refractivity contribution in [2.45, 2.75) is 51.5 Å². The number of aryl methyl sites for hydroxylation is 1. The highest BCUT2D eigenvalue weighted by Crippen LogP contribution is 2.26. The number of aliphatic carboxylic acids is 1. The smallest absolute Gasteiger partial charge is 0.303 e. The fourth-order valence-electron chi connectivity index (χ4n) is 3.19. The van der Waals surface area contributed by atoms with Crippen molar-refractivity contribution in [3.05, 3.63) is 39.4 Å². The second-order valence-corrected chi connectivity index (χ2v) is 6.03. The zero-order valence-corrected chi connectivity index (χ0v) is 13.7. The van der Waals surface area contributed by atoms with E-state index in [0.29, 0.717) is 30.5 Å². The monoisotopic (exact) mass is 334 g/mol. The summed E-state index contributed by atoms with van der Waals surface area (Å²) in [6.07, 6.45) is 3.55. The van der Waals surface area contributed by atoms with Crippen molar-refractivity contribution in [2.75, 3.05) is 6.54 Å². The third kappa shape index (κ3) is 4.10. The number of carbonyl (C=O) groups excluding carboxylic acids is 1. The lowest BCUT2D eigenvalue weighted by atomic mass is 9.96. The normalized spacial score (nSPS) is 17.5. The molecule has 0 aliphatic carbocycles. The molecule has 1 amide bonds. The van der Waals surface area contributed by atoms with Gasteiger partial charge < -0.3 is 10.0 Å². The van der Waals surface area contributed by atoms with Gasteiger partial charge in [0.15, 0.2) is 0 Å². The number of amides is 1. The summed E-state index contributed by atoms with van der Waals surface area (Å²) < 4.78 is 0. The van der Waals surface area contributed by atoms with Crippen LogP contribution in [0.5, 0.6) is 0 Å². The molecule has 0 aromatic heterocycles. The number of piperidine rings is 1. The molecular formula is C17H22N2O5. The number of rotatable bonds is 6. The molecule has 0 radical (unpaired) electrons. The van der Waals surface area contributed by atoms with Gasteiger partial charge in [-0.25, -0.2) is 0 Å². The maximum Gasteiger partial charge on any atom is 0.303 e. The SMILES string of the molecule is CCc1ccc(C(=O)N2CCCCC2CCC(=O)O)cc1[N+](=O)[O-]. The fraction of sp³-hybridized carbons (Fsp3) is 0.529. The van der Waals surface area contributed by atoms with Crippen LogP contribution in [0.1, 0.15) is 54.9 Å². The zero-order chi connectivity index (χ0) is 17.7. The zero-order valence-electron chi connectivity index (χ0n) is 13.7. The molecular weight excluding hydrogens is 312 g/mol. The van der Waals surface area contributed by atoms with Crippen LogP contribution in [-0.2, 0) is 11.2 Å². The van der Waals surface area contributed by atoms with Crippen LogP contribution in [-0.4, -0.2) is 39.4 Å². The molecule has 1 aliphatic rings. The molecule has 2 rings (SSSR count). The molecule has 0 spiro atoms. The highest BCUT2D eigenvalue weighted by molar-refractivity contribution is 5.95. The Balaban J connectivity index is 2.23. The number of nitro benzene ring substituents is 1. The standard InChI is InChI=1S/C17H22N2O5/c1-2-12-6-7-13(11-15(12)19(23)24)17(22)18-10-4-3-5-14(18)8-9-16(20)21/h6-7,11,14H,2-5,8-10H2,1H3,(H,20,21). The lowest BCUT2D eigenvalue weighted by Gasteiger charge is -2.35. The van der Waals surface area contributed by atoms with E-state index in [2.05, 4.69) is 0 Å². The first kappa shape index (κ1) is 17.9. The number of nitrogens with zero attached hydrogens (tertiary/aromatic N) is 2. The molecule has 24 heavy (non-hydrogen) atoms. The minimum atomic E-state index is -0.879.